The molecule has 3 aliphatic rings. The van der Waals surface area contributed by atoms with Crippen molar-refractivity contribution in [3.63, 3.8) is 0 Å². The Bertz CT molecular complexity index is 1150. The first-order valence-corrected chi connectivity index (χ1v) is 11.2. The molecule has 1 spiro atoms. The molecule has 2 saturated heterocycles. The van der Waals surface area contributed by atoms with Crippen LogP contribution < -0.4 is 19.9 Å². The van der Waals surface area contributed by atoms with Crippen molar-refractivity contribution < 1.29 is 23.5 Å². The van der Waals surface area contributed by atoms with Gasteiger partial charge in [0.1, 0.15) is 11.6 Å². The molecular weight excluding hydrogens is 425 g/mol. The van der Waals surface area contributed by atoms with Gasteiger partial charge in [0.05, 0.1) is 24.5 Å². The quantitative estimate of drug-likeness (QED) is 0.707. The Morgan fingerprint density at radius 3 is 2.52 bits per heavy atom. The van der Waals surface area contributed by atoms with Crippen LogP contribution in [0.15, 0.2) is 42.5 Å². The van der Waals surface area contributed by atoms with Crippen LogP contribution in [-0.4, -0.2) is 37.5 Å². The lowest BCUT2D eigenvalue weighted by molar-refractivity contribution is -0.146. The molecule has 2 aromatic carbocycles. The van der Waals surface area contributed by atoms with E-state index >= 15 is 4.39 Å². The van der Waals surface area contributed by atoms with E-state index in [1.54, 1.807) is 36.4 Å². The Balaban J connectivity index is 1.68. The molecule has 0 aromatic heterocycles. The molecule has 4 atom stereocenters. The lowest BCUT2D eigenvalue weighted by atomic mass is 9.62. The molecule has 0 aliphatic carbocycles. The fraction of sp³-hybridized carbons (Fsp3) is 0.400. The number of hydrogen-bond acceptors (Lipinski definition) is 5. The molecule has 33 heavy (non-hydrogen) atoms. The Labute approximate surface area is 191 Å². The normalized spacial score (nSPS) is 29.0. The molecule has 5 rings (SSSR count). The number of imide groups is 2. The highest BCUT2D eigenvalue weighted by atomic mass is 19.1. The van der Waals surface area contributed by atoms with Crippen molar-refractivity contribution in [2.24, 2.45) is 17.3 Å². The minimum absolute atomic E-state index is 0.0323. The van der Waals surface area contributed by atoms with Crippen LogP contribution in [0.1, 0.15) is 25.8 Å². The number of hydrogen-bond donors (Lipinski definition) is 1. The smallest absolute Gasteiger partial charge is 0.335 e. The van der Waals surface area contributed by atoms with E-state index in [1.165, 1.54) is 13.2 Å². The first-order chi connectivity index (χ1) is 15.8. The Hall–Kier alpha value is -3.42. The maximum Gasteiger partial charge on any atom is 0.335 e. The van der Waals surface area contributed by atoms with Gasteiger partial charge in [0.15, 0.2) is 5.41 Å². The number of urea groups is 1. The van der Waals surface area contributed by atoms with E-state index in [-0.39, 0.29) is 24.1 Å². The molecule has 2 fully saturated rings. The van der Waals surface area contributed by atoms with Crippen molar-refractivity contribution in [3.8, 4) is 5.75 Å². The molecule has 0 saturated carbocycles. The molecule has 3 aliphatic heterocycles. The molecule has 0 bridgehead atoms. The fourth-order valence-electron chi connectivity index (χ4n) is 6.04. The van der Waals surface area contributed by atoms with Gasteiger partial charge in [-0.15, -0.1) is 0 Å². The number of anilines is 2. The van der Waals surface area contributed by atoms with Crippen LogP contribution in [0.5, 0.6) is 5.75 Å². The third-order valence-corrected chi connectivity index (χ3v) is 7.23. The number of carbonyl (C=O) groups is 3. The summed E-state index contributed by atoms with van der Waals surface area (Å²) in [4.78, 5) is 43.5. The summed E-state index contributed by atoms with van der Waals surface area (Å²) >= 11 is 0. The van der Waals surface area contributed by atoms with Gasteiger partial charge in [0.25, 0.3) is 5.91 Å². The van der Waals surface area contributed by atoms with Gasteiger partial charge in [-0.3, -0.25) is 14.9 Å². The van der Waals surface area contributed by atoms with Crippen molar-refractivity contribution in [1.29, 1.82) is 0 Å². The second-order valence-electron chi connectivity index (χ2n) is 9.41. The number of piperidine rings is 1. The Morgan fingerprint density at radius 1 is 1.09 bits per heavy atom. The number of barbiturate groups is 1. The van der Waals surface area contributed by atoms with Crippen LogP contribution in [0.2, 0.25) is 0 Å². The highest BCUT2D eigenvalue weighted by Gasteiger charge is 2.64. The zero-order chi connectivity index (χ0) is 23.5. The van der Waals surface area contributed by atoms with Gasteiger partial charge in [0.2, 0.25) is 5.91 Å². The first kappa shape index (κ1) is 21.4. The van der Waals surface area contributed by atoms with Gasteiger partial charge >= 0.3 is 6.03 Å². The number of carbonyl (C=O) groups excluding carboxylic acids is 3. The van der Waals surface area contributed by atoms with E-state index in [0.717, 1.165) is 11.3 Å². The van der Waals surface area contributed by atoms with E-state index in [2.05, 4.69) is 12.2 Å². The number of nitrogens with zero attached hydrogens (tertiary/aromatic N) is 2. The average molecular weight is 451 g/mol. The van der Waals surface area contributed by atoms with Crippen molar-refractivity contribution >= 4 is 29.2 Å². The summed E-state index contributed by atoms with van der Waals surface area (Å²) in [5, 5.41) is 2.43. The maximum absolute atomic E-state index is 15.0. The lowest BCUT2D eigenvalue weighted by Crippen LogP contribution is -2.74. The average Bonchev–Trinajstić information content (AvgIpc) is 2.77. The largest absolute Gasteiger partial charge is 0.497 e. The fourth-order valence-corrected chi connectivity index (χ4v) is 6.04. The minimum atomic E-state index is -1.55. The number of methoxy groups -OCH3 is 1. The highest BCUT2D eigenvalue weighted by Crippen LogP contribution is 2.51. The van der Waals surface area contributed by atoms with Gasteiger partial charge < -0.3 is 9.64 Å². The molecule has 0 unspecified atom stereocenters. The van der Waals surface area contributed by atoms with Crippen LogP contribution >= 0.6 is 0 Å². The summed E-state index contributed by atoms with van der Waals surface area (Å²) in [5.41, 5.74) is -0.146. The molecule has 0 radical (unpaired) electrons. The Kier molecular flexibility index (Phi) is 4.92. The molecule has 2 aromatic rings. The maximum atomic E-state index is 15.0. The van der Waals surface area contributed by atoms with E-state index in [1.807, 2.05) is 11.8 Å². The van der Waals surface area contributed by atoms with Gasteiger partial charge in [0, 0.05) is 6.54 Å². The van der Waals surface area contributed by atoms with Crippen LogP contribution in [-0.2, 0) is 16.0 Å². The number of benzene rings is 2. The molecule has 172 valence electrons. The monoisotopic (exact) mass is 451 g/mol. The summed E-state index contributed by atoms with van der Waals surface area (Å²) in [5.74, 6) is -0.777. The summed E-state index contributed by atoms with van der Waals surface area (Å²) in [6.45, 7) is 4.61. The van der Waals surface area contributed by atoms with E-state index in [9.17, 15) is 14.4 Å². The topological polar surface area (TPSA) is 79.0 Å². The second kappa shape index (κ2) is 7.57. The van der Waals surface area contributed by atoms with Crippen LogP contribution in [0, 0.1) is 23.1 Å². The first-order valence-electron chi connectivity index (χ1n) is 11.2. The standard InChI is InChI=1S/C25H26FN3O4/c1-14-11-15(2)21-25(12-16-5-4-6-19(26)20(16)28(21)13-14)22(30)27-24(32)29(23(25)31)17-7-9-18(33-3)10-8-17/h4-10,14-15,21H,11-13H2,1-3H3,(H,27,30,32)/t14-,15+,21+,25-/m1/s1. The number of nitrogens with one attached hydrogen (secondary N) is 1. The van der Waals surface area contributed by atoms with Gasteiger partial charge in [-0.2, -0.15) is 0 Å². The predicted molar refractivity (Wildman–Crippen MR) is 121 cm³/mol. The van der Waals surface area contributed by atoms with Gasteiger partial charge in [-0.05, 0) is 60.6 Å². The van der Waals surface area contributed by atoms with Gasteiger partial charge in [-0.1, -0.05) is 26.0 Å². The highest BCUT2D eigenvalue weighted by molar-refractivity contribution is 6.30. The summed E-state index contributed by atoms with van der Waals surface area (Å²) < 4.78 is 20.2. The number of rotatable bonds is 2. The van der Waals surface area contributed by atoms with Crippen molar-refractivity contribution in [2.75, 3.05) is 23.5 Å². The van der Waals surface area contributed by atoms with Crippen LogP contribution in [0.3, 0.4) is 0 Å². The zero-order valence-electron chi connectivity index (χ0n) is 18.8. The molecule has 8 heteroatoms. The minimum Gasteiger partial charge on any atom is -0.497 e. The van der Waals surface area contributed by atoms with Crippen LogP contribution in [0.4, 0.5) is 20.6 Å². The molecular formula is C25H26FN3O4. The Morgan fingerprint density at radius 2 is 1.82 bits per heavy atom. The van der Waals surface area contributed by atoms with Crippen LogP contribution in [0.25, 0.3) is 0 Å². The number of para-hydroxylation sites is 1. The van der Waals surface area contributed by atoms with E-state index < -0.39 is 29.3 Å². The molecule has 1 N–H and O–H groups in total. The third-order valence-electron chi connectivity index (χ3n) is 7.23. The molecule has 3 heterocycles. The summed E-state index contributed by atoms with van der Waals surface area (Å²) in [6.07, 6.45) is 0.828. The summed E-state index contributed by atoms with van der Waals surface area (Å²) in [6, 6.07) is 9.94. The number of ether oxygens (including phenoxy) is 1. The molecule has 4 amide bonds. The van der Waals surface area contributed by atoms with Gasteiger partial charge in [-0.25, -0.2) is 14.1 Å². The predicted octanol–water partition coefficient (Wildman–Crippen LogP) is 3.51. The molecule has 7 nitrogen and oxygen atoms in total. The lowest BCUT2D eigenvalue weighted by Gasteiger charge is -2.56. The van der Waals surface area contributed by atoms with Crippen molar-refractivity contribution in [1.82, 2.24) is 5.32 Å². The SMILES string of the molecule is COc1ccc(N2C(=O)NC(=O)[C@]3(Cc4cccc(F)c4N4C[C@H](C)C[C@H](C)[C@H]43)C2=O)cc1. The van der Waals surface area contributed by atoms with E-state index in [0.29, 0.717) is 29.2 Å². The second-order valence-corrected chi connectivity index (χ2v) is 9.41. The van der Waals surface area contributed by atoms with Crippen molar-refractivity contribution in [2.45, 2.75) is 32.7 Å². The third kappa shape index (κ3) is 3.03. The number of fused-ring (bicyclic) bond motifs is 4. The van der Waals surface area contributed by atoms with E-state index in [4.69, 9.17) is 4.74 Å². The summed E-state index contributed by atoms with van der Waals surface area (Å²) in [7, 11) is 1.53. The number of amides is 4. The zero-order valence-corrected chi connectivity index (χ0v) is 18.8. The number of halogens is 1. The van der Waals surface area contributed by atoms with Crippen molar-refractivity contribution in [3.05, 3.63) is 53.8 Å².